The van der Waals surface area contributed by atoms with Gasteiger partial charge in [-0.3, -0.25) is 4.79 Å². The van der Waals surface area contributed by atoms with E-state index in [2.05, 4.69) is 11.8 Å². The van der Waals surface area contributed by atoms with Crippen molar-refractivity contribution in [2.45, 2.75) is 44.4 Å². The molecule has 1 aliphatic heterocycles. The van der Waals surface area contributed by atoms with E-state index in [0.29, 0.717) is 23.7 Å². The fraction of sp³-hybridized carbons (Fsp3) is 0.929. The molecule has 2 saturated carbocycles. The van der Waals surface area contributed by atoms with Crippen LogP contribution in [0.3, 0.4) is 0 Å². The van der Waals surface area contributed by atoms with E-state index in [1.165, 1.54) is 25.7 Å². The van der Waals surface area contributed by atoms with E-state index in [1.54, 1.807) is 0 Å². The Hall–Kier alpha value is -0.240. The number of carbonyl (C=O) groups is 1. The van der Waals surface area contributed by atoms with Gasteiger partial charge < -0.3 is 4.90 Å². The van der Waals surface area contributed by atoms with Crippen molar-refractivity contribution in [1.82, 2.24) is 4.90 Å². The van der Waals surface area contributed by atoms with Crippen molar-refractivity contribution in [3.8, 4) is 0 Å². The van der Waals surface area contributed by atoms with Crippen LogP contribution < -0.4 is 0 Å². The molecule has 0 aromatic heterocycles. The predicted octanol–water partition coefficient (Wildman–Crippen LogP) is 2.90. The Labute approximate surface area is 109 Å². The van der Waals surface area contributed by atoms with Crippen LogP contribution in [0.1, 0.15) is 39.0 Å². The minimum Gasteiger partial charge on any atom is -0.342 e. The van der Waals surface area contributed by atoms with Crippen LogP contribution in [-0.2, 0) is 4.79 Å². The van der Waals surface area contributed by atoms with Crippen LogP contribution >= 0.6 is 11.6 Å². The molecule has 1 heterocycles. The summed E-state index contributed by atoms with van der Waals surface area (Å²) in [6.07, 6.45) is 6.11. The summed E-state index contributed by atoms with van der Waals surface area (Å²) in [5, 5.41) is 0.263. The first-order valence-electron chi connectivity index (χ1n) is 7.08. The highest BCUT2D eigenvalue weighted by atomic mass is 35.5. The van der Waals surface area contributed by atoms with Gasteiger partial charge in [0, 0.05) is 24.4 Å². The third-order valence-corrected chi connectivity index (χ3v) is 5.82. The van der Waals surface area contributed by atoms with Crippen LogP contribution in [-0.4, -0.2) is 29.3 Å². The molecule has 0 radical (unpaired) electrons. The third-order valence-electron chi connectivity index (χ3n) is 5.17. The van der Waals surface area contributed by atoms with Crippen LogP contribution in [0.15, 0.2) is 0 Å². The first-order valence-corrected chi connectivity index (χ1v) is 7.51. The van der Waals surface area contributed by atoms with Crippen LogP contribution in [0.25, 0.3) is 0 Å². The molecule has 3 fully saturated rings. The normalized spacial score (nSPS) is 45.3. The minimum absolute atomic E-state index is 0.263. The molecule has 0 spiro atoms. The Morgan fingerprint density at radius 2 is 2.06 bits per heavy atom. The molecule has 0 N–H and O–H groups in total. The number of rotatable bonds is 1. The highest BCUT2D eigenvalue weighted by molar-refractivity contribution is 6.20. The fourth-order valence-electron chi connectivity index (χ4n) is 4.10. The molecular weight excluding hydrogens is 234 g/mol. The van der Waals surface area contributed by atoms with Gasteiger partial charge in [-0.05, 0) is 43.4 Å². The molecule has 0 aromatic carbocycles. The lowest BCUT2D eigenvalue weighted by molar-refractivity contribution is -0.138. The van der Waals surface area contributed by atoms with Crippen LogP contribution in [0, 0.1) is 23.7 Å². The van der Waals surface area contributed by atoms with Gasteiger partial charge in [0.25, 0.3) is 0 Å². The monoisotopic (exact) mass is 255 g/mol. The lowest BCUT2D eigenvalue weighted by Crippen LogP contribution is -2.46. The van der Waals surface area contributed by atoms with E-state index in [-0.39, 0.29) is 5.38 Å². The van der Waals surface area contributed by atoms with Crippen LogP contribution in [0.4, 0.5) is 0 Å². The number of alkyl halides is 1. The summed E-state index contributed by atoms with van der Waals surface area (Å²) < 4.78 is 0. The Bertz CT molecular complexity index is 319. The quantitative estimate of drug-likeness (QED) is 0.660. The first kappa shape index (κ1) is 11.8. The average Bonchev–Trinajstić information content (AvgIpc) is 2.93. The smallest absolute Gasteiger partial charge is 0.225 e. The second kappa shape index (κ2) is 4.46. The second-order valence-electron chi connectivity index (χ2n) is 6.35. The highest BCUT2D eigenvalue weighted by Gasteiger charge is 2.45. The zero-order valence-corrected chi connectivity index (χ0v) is 11.3. The number of hydrogen-bond donors (Lipinski definition) is 0. The molecule has 96 valence electrons. The summed E-state index contributed by atoms with van der Waals surface area (Å²) in [6, 6.07) is 0. The van der Waals surface area contributed by atoms with Gasteiger partial charge in [0.05, 0.1) is 0 Å². The van der Waals surface area contributed by atoms with Gasteiger partial charge in [0.2, 0.25) is 5.91 Å². The van der Waals surface area contributed by atoms with E-state index < -0.39 is 0 Å². The van der Waals surface area contributed by atoms with Gasteiger partial charge in [0.1, 0.15) is 0 Å². The van der Waals surface area contributed by atoms with E-state index in [0.717, 1.165) is 25.4 Å². The molecule has 5 unspecified atom stereocenters. The summed E-state index contributed by atoms with van der Waals surface area (Å²) in [5.74, 6) is 2.81. The molecule has 2 aliphatic carbocycles. The lowest BCUT2D eigenvalue weighted by atomic mass is 9.87. The van der Waals surface area contributed by atoms with Gasteiger partial charge in [-0.25, -0.2) is 0 Å². The number of nitrogens with zero attached hydrogens (tertiary/aromatic N) is 1. The maximum Gasteiger partial charge on any atom is 0.225 e. The van der Waals surface area contributed by atoms with E-state index in [1.807, 2.05) is 0 Å². The number of likely N-dealkylation sites (tertiary alicyclic amines) is 1. The molecule has 3 rings (SSSR count). The van der Waals surface area contributed by atoms with Crippen molar-refractivity contribution in [3.63, 3.8) is 0 Å². The zero-order chi connectivity index (χ0) is 12.0. The molecule has 1 amide bonds. The maximum absolute atomic E-state index is 12.5. The van der Waals surface area contributed by atoms with E-state index in [4.69, 9.17) is 11.6 Å². The number of fused-ring (bicyclic) bond motifs is 2. The van der Waals surface area contributed by atoms with Crippen LogP contribution in [0.2, 0.25) is 0 Å². The number of halogens is 1. The van der Waals surface area contributed by atoms with Gasteiger partial charge in [-0.1, -0.05) is 13.3 Å². The summed E-state index contributed by atoms with van der Waals surface area (Å²) in [5.41, 5.74) is 0. The van der Waals surface area contributed by atoms with Gasteiger partial charge in [-0.15, -0.1) is 11.6 Å². The van der Waals surface area contributed by atoms with Crippen molar-refractivity contribution in [2.75, 3.05) is 13.1 Å². The van der Waals surface area contributed by atoms with Crippen LogP contribution in [0.5, 0.6) is 0 Å². The van der Waals surface area contributed by atoms with Gasteiger partial charge >= 0.3 is 0 Å². The number of carbonyl (C=O) groups excluding carboxylic acids is 1. The molecule has 3 heteroatoms. The van der Waals surface area contributed by atoms with Gasteiger partial charge in [-0.2, -0.15) is 0 Å². The fourth-order valence-corrected chi connectivity index (χ4v) is 4.28. The molecule has 1 saturated heterocycles. The summed E-state index contributed by atoms with van der Waals surface area (Å²) >= 11 is 6.22. The summed E-state index contributed by atoms with van der Waals surface area (Å²) in [4.78, 5) is 14.6. The van der Waals surface area contributed by atoms with Crippen molar-refractivity contribution in [3.05, 3.63) is 0 Å². The largest absolute Gasteiger partial charge is 0.342 e. The van der Waals surface area contributed by atoms with Crippen molar-refractivity contribution in [1.29, 1.82) is 0 Å². The molecule has 2 nitrogen and oxygen atoms in total. The number of amides is 1. The summed E-state index contributed by atoms with van der Waals surface area (Å²) in [7, 11) is 0. The maximum atomic E-state index is 12.5. The highest BCUT2D eigenvalue weighted by Crippen LogP contribution is 2.49. The topological polar surface area (TPSA) is 20.3 Å². The minimum atomic E-state index is 0.263. The Morgan fingerprint density at radius 1 is 1.24 bits per heavy atom. The Morgan fingerprint density at radius 3 is 2.65 bits per heavy atom. The van der Waals surface area contributed by atoms with Crippen molar-refractivity contribution >= 4 is 17.5 Å². The van der Waals surface area contributed by atoms with Gasteiger partial charge in [0.15, 0.2) is 0 Å². The molecule has 17 heavy (non-hydrogen) atoms. The molecule has 5 atom stereocenters. The molecule has 0 aromatic rings. The van der Waals surface area contributed by atoms with Crippen molar-refractivity contribution in [2.24, 2.45) is 23.7 Å². The molecule has 2 bridgehead atoms. The predicted molar refractivity (Wildman–Crippen MR) is 68.9 cm³/mol. The number of piperidine rings is 1. The number of hydrogen-bond acceptors (Lipinski definition) is 1. The zero-order valence-electron chi connectivity index (χ0n) is 10.6. The Balaban J connectivity index is 1.63. The average molecular weight is 256 g/mol. The molecule has 3 aliphatic rings. The SMILES string of the molecule is CC1CN(C(=O)C2CC3CCC2C3)CCC1Cl. The molecular formula is C14H22ClNO. The Kier molecular flexibility index (Phi) is 3.10. The van der Waals surface area contributed by atoms with Crippen molar-refractivity contribution < 1.29 is 4.79 Å². The first-order chi connectivity index (χ1) is 8.15. The van der Waals surface area contributed by atoms with E-state index in [9.17, 15) is 4.79 Å². The summed E-state index contributed by atoms with van der Waals surface area (Å²) in [6.45, 7) is 3.92. The standard InChI is InChI=1S/C14H22ClNO/c1-9-8-16(5-4-13(9)15)14(17)12-7-10-2-3-11(12)6-10/h9-13H,2-8H2,1H3. The second-order valence-corrected chi connectivity index (χ2v) is 6.91. The van der Waals surface area contributed by atoms with E-state index >= 15 is 0 Å². The third kappa shape index (κ3) is 2.09. The lowest BCUT2D eigenvalue weighted by Gasteiger charge is -2.37.